The Bertz CT molecular complexity index is 1220. The Kier molecular flexibility index (Phi) is 10.6. The van der Waals surface area contributed by atoms with Crippen LogP contribution in [0.4, 0.5) is 4.39 Å². The lowest BCUT2D eigenvalue weighted by atomic mass is 10.1. The molecule has 1 saturated heterocycles. The summed E-state index contributed by atoms with van der Waals surface area (Å²) in [5, 5.41) is 3.39. The number of aryl methyl sites for hydroxylation is 1. The first-order valence-electron chi connectivity index (χ1n) is 11.9. The van der Waals surface area contributed by atoms with Gasteiger partial charge >= 0.3 is 5.69 Å². The van der Waals surface area contributed by atoms with Crippen LogP contribution in [0.15, 0.2) is 59.1 Å². The van der Waals surface area contributed by atoms with Crippen molar-refractivity contribution in [3.63, 3.8) is 0 Å². The highest BCUT2D eigenvalue weighted by atomic mass is 19.1. The molecule has 4 rings (SSSR count). The van der Waals surface area contributed by atoms with Gasteiger partial charge in [0.2, 0.25) is 0 Å². The molecule has 1 aliphatic heterocycles. The first-order valence-corrected chi connectivity index (χ1v) is 11.9. The summed E-state index contributed by atoms with van der Waals surface area (Å²) in [5.74, 6) is 1.91. The zero-order chi connectivity index (χ0) is 25.1. The topological polar surface area (TPSA) is 67.6 Å². The summed E-state index contributed by atoms with van der Waals surface area (Å²) >= 11 is 0. The molecule has 0 aliphatic carbocycles. The molecule has 3 heterocycles. The van der Waals surface area contributed by atoms with Crippen LogP contribution < -0.4 is 11.0 Å². The van der Waals surface area contributed by atoms with Crippen molar-refractivity contribution in [2.45, 2.75) is 60.0 Å². The van der Waals surface area contributed by atoms with E-state index in [0.717, 1.165) is 48.2 Å². The van der Waals surface area contributed by atoms with Gasteiger partial charge in [-0.3, -0.25) is 4.57 Å². The van der Waals surface area contributed by atoms with Gasteiger partial charge in [-0.2, -0.15) is 0 Å². The Morgan fingerprint density at radius 3 is 2.74 bits per heavy atom. The zero-order valence-corrected chi connectivity index (χ0v) is 20.9. The van der Waals surface area contributed by atoms with E-state index in [1.807, 2.05) is 52.4 Å². The maximum atomic E-state index is 12.6. The van der Waals surface area contributed by atoms with E-state index < -0.39 is 0 Å². The van der Waals surface area contributed by atoms with Crippen LogP contribution in [0.25, 0.3) is 22.3 Å². The molecule has 2 N–H and O–H groups in total. The van der Waals surface area contributed by atoms with E-state index >= 15 is 0 Å². The van der Waals surface area contributed by atoms with Crippen LogP contribution >= 0.6 is 0 Å². The number of terminal acetylenes is 1. The van der Waals surface area contributed by atoms with Crippen molar-refractivity contribution in [2.24, 2.45) is 0 Å². The van der Waals surface area contributed by atoms with Crippen LogP contribution in [-0.4, -0.2) is 32.2 Å². The maximum Gasteiger partial charge on any atom is 0.326 e. The molecule has 1 fully saturated rings. The third-order valence-electron chi connectivity index (χ3n) is 5.55. The van der Waals surface area contributed by atoms with Gasteiger partial charge in [0.05, 0.1) is 29.3 Å². The minimum Gasteiger partial charge on any atom is -0.326 e. The molecule has 34 heavy (non-hydrogen) atoms. The smallest absolute Gasteiger partial charge is 0.326 e. The van der Waals surface area contributed by atoms with E-state index in [-0.39, 0.29) is 11.5 Å². The number of nitrogens with one attached hydrogen (secondary N) is 2. The number of H-pyrrole nitrogens is 1. The second kappa shape index (κ2) is 13.4. The lowest BCUT2D eigenvalue weighted by Crippen LogP contribution is -2.14. The van der Waals surface area contributed by atoms with E-state index in [1.165, 1.54) is 6.08 Å². The monoisotopic (exact) mass is 465 g/mol. The van der Waals surface area contributed by atoms with Gasteiger partial charge in [0.15, 0.2) is 0 Å². The fourth-order valence-corrected chi connectivity index (χ4v) is 3.75. The largest absolute Gasteiger partial charge is 0.326 e. The standard InChI is InChI=1S/C16H19N5O.C9H11F.C2H6/c1-2-20-14-4-3-11(7-13(14)19-16(20)22)15-9-18-10-21(15)12-5-6-17-8-12;1-4-6-7-9(10)8(3)5-2;1-2/h3-4,7,9-10,12,17H,2,5-6,8H2,1H3,(H,19,22);2,6-7H,4H2,1,3H3;1-2H3/b;7-6-,9-8+;. The summed E-state index contributed by atoms with van der Waals surface area (Å²) in [6, 6.07) is 6.57. The van der Waals surface area contributed by atoms with Crippen LogP contribution in [0.1, 0.15) is 53.5 Å². The van der Waals surface area contributed by atoms with Crippen LogP contribution in [0.5, 0.6) is 0 Å². The lowest BCUT2D eigenvalue weighted by molar-refractivity contribution is 0.551. The quantitative estimate of drug-likeness (QED) is 0.381. The number of aromatic nitrogens is 4. The predicted octanol–water partition coefficient (Wildman–Crippen LogP) is 5.60. The van der Waals surface area contributed by atoms with Gasteiger partial charge in [0, 0.05) is 30.3 Å². The first-order chi connectivity index (χ1) is 16.5. The van der Waals surface area contributed by atoms with E-state index in [4.69, 9.17) is 6.42 Å². The number of hydrogen-bond acceptors (Lipinski definition) is 3. The third kappa shape index (κ3) is 6.36. The third-order valence-corrected chi connectivity index (χ3v) is 5.55. The van der Waals surface area contributed by atoms with Crippen molar-refractivity contribution in [3.05, 3.63) is 64.8 Å². The Morgan fingerprint density at radius 2 is 2.12 bits per heavy atom. The molecular weight excluding hydrogens is 429 g/mol. The Balaban J connectivity index is 0.000000290. The van der Waals surface area contributed by atoms with Gasteiger partial charge in [-0.25, -0.2) is 14.2 Å². The summed E-state index contributed by atoms with van der Waals surface area (Å²) in [5.41, 5.74) is 4.31. The minimum absolute atomic E-state index is 0.0526. The van der Waals surface area contributed by atoms with Crippen molar-refractivity contribution in [3.8, 4) is 23.6 Å². The Morgan fingerprint density at radius 1 is 1.35 bits per heavy atom. The highest BCUT2D eigenvalue weighted by Crippen LogP contribution is 2.27. The van der Waals surface area contributed by atoms with Gasteiger partial charge < -0.3 is 14.9 Å². The number of allylic oxidation sites excluding steroid dienone is 4. The van der Waals surface area contributed by atoms with Gasteiger partial charge in [0.25, 0.3) is 0 Å². The van der Waals surface area contributed by atoms with Crippen LogP contribution in [0.2, 0.25) is 0 Å². The van der Waals surface area contributed by atoms with Crippen molar-refractivity contribution in [1.82, 2.24) is 24.4 Å². The lowest BCUT2D eigenvalue weighted by Gasteiger charge is -2.14. The fourth-order valence-electron chi connectivity index (χ4n) is 3.75. The van der Waals surface area contributed by atoms with E-state index in [9.17, 15) is 9.18 Å². The predicted molar refractivity (Wildman–Crippen MR) is 139 cm³/mol. The Labute approximate surface area is 201 Å². The molecule has 7 heteroatoms. The molecule has 3 aromatic rings. The van der Waals surface area contributed by atoms with Crippen molar-refractivity contribution in [2.75, 3.05) is 13.1 Å². The average Bonchev–Trinajstić information content (AvgIpc) is 3.62. The normalized spacial score (nSPS) is 15.9. The number of halogens is 1. The molecule has 1 atom stereocenters. The average molecular weight is 466 g/mol. The summed E-state index contributed by atoms with van der Waals surface area (Å²) in [4.78, 5) is 19.2. The zero-order valence-electron chi connectivity index (χ0n) is 20.9. The van der Waals surface area contributed by atoms with Crippen molar-refractivity contribution < 1.29 is 4.39 Å². The number of rotatable bonds is 5. The summed E-state index contributed by atoms with van der Waals surface area (Å²) in [7, 11) is 0. The Hall–Kier alpha value is -3.37. The van der Waals surface area contributed by atoms with Crippen LogP contribution in [-0.2, 0) is 6.54 Å². The molecule has 0 spiro atoms. The molecule has 0 radical (unpaired) electrons. The number of aromatic amines is 1. The SMILES string of the molecule is C#C/C(C)=C(F)\C=C/CC.CC.CCn1c(=O)[nH]c2cc(-c3cncn3C3CCNC3)ccc21. The van der Waals surface area contributed by atoms with E-state index in [2.05, 4.69) is 31.8 Å². The maximum absolute atomic E-state index is 12.6. The fraction of sp³-hybridized carbons (Fsp3) is 0.407. The minimum atomic E-state index is -0.315. The molecule has 6 nitrogen and oxygen atoms in total. The van der Waals surface area contributed by atoms with Crippen molar-refractivity contribution in [1.29, 1.82) is 0 Å². The molecule has 0 amide bonds. The highest BCUT2D eigenvalue weighted by Gasteiger charge is 2.19. The van der Waals surface area contributed by atoms with Gasteiger partial charge in [-0.1, -0.05) is 38.8 Å². The summed E-state index contributed by atoms with van der Waals surface area (Å²) < 4.78 is 16.6. The number of imidazole rings is 2. The van der Waals surface area contributed by atoms with E-state index in [1.54, 1.807) is 17.6 Å². The molecule has 0 bridgehead atoms. The van der Waals surface area contributed by atoms with E-state index in [0.29, 0.717) is 18.2 Å². The summed E-state index contributed by atoms with van der Waals surface area (Å²) in [6.45, 7) is 12.2. The molecule has 1 unspecified atom stereocenters. The molecule has 1 aliphatic rings. The van der Waals surface area contributed by atoms with Gasteiger partial charge in [-0.15, -0.1) is 6.42 Å². The second-order valence-corrected chi connectivity index (χ2v) is 7.67. The molecule has 2 aromatic heterocycles. The highest BCUT2D eigenvalue weighted by molar-refractivity contribution is 5.81. The van der Waals surface area contributed by atoms with Gasteiger partial charge in [-0.05, 0) is 51.4 Å². The number of hydrogen-bond donors (Lipinski definition) is 2. The summed E-state index contributed by atoms with van der Waals surface area (Å²) in [6.07, 6.45) is 13.8. The van der Waals surface area contributed by atoms with Crippen LogP contribution in [0.3, 0.4) is 0 Å². The number of nitrogens with zero attached hydrogens (tertiary/aromatic N) is 3. The number of fused-ring (bicyclic) bond motifs is 1. The van der Waals surface area contributed by atoms with Crippen molar-refractivity contribution >= 4 is 11.0 Å². The molecule has 0 saturated carbocycles. The van der Waals surface area contributed by atoms with Gasteiger partial charge in [0.1, 0.15) is 5.83 Å². The molecular formula is C27H36FN5O. The number of benzene rings is 1. The molecule has 182 valence electrons. The second-order valence-electron chi connectivity index (χ2n) is 7.67. The molecule has 1 aromatic carbocycles. The van der Waals surface area contributed by atoms with Crippen LogP contribution in [0, 0.1) is 12.3 Å². The first kappa shape index (κ1) is 26.9.